The Morgan fingerprint density at radius 1 is 1.14 bits per heavy atom. The standard InChI is InChI=1S/C15H19N3O3/c19-14-11-18(6-5-16-14)15(20)12-3-1-2-4-13(12)17-7-9-21-10-8-17/h1-4H,5-11H2,(H,16,19). The molecular formula is C15H19N3O3. The van der Waals surface area contributed by atoms with Crippen LogP contribution in [0.2, 0.25) is 0 Å². The van der Waals surface area contributed by atoms with Crippen LogP contribution in [0.5, 0.6) is 0 Å². The van der Waals surface area contributed by atoms with Gasteiger partial charge in [0.2, 0.25) is 5.91 Å². The highest BCUT2D eigenvalue weighted by Gasteiger charge is 2.25. The summed E-state index contributed by atoms with van der Waals surface area (Å²) in [4.78, 5) is 27.9. The third-order valence-electron chi connectivity index (χ3n) is 3.81. The van der Waals surface area contributed by atoms with Crippen LogP contribution >= 0.6 is 0 Å². The van der Waals surface area contributed by atoms with Gasteiger partial charge in [-0.15, -0.1) is 0 Å². The Bertz CT molecular complexity index is 541. The lowest BCUT2D eigenvalue weighted by Crippen LogP contribution is -2.50. The van der Waals surface area contributed by atoms with E-state index in [1.807, 2.05) is 24.3 Å². The second-order valence-electron chi connectivity index (χ2n) is 5.19. The molecule has 2 fully saturated rings. The molecule has 0 radical (unpaired) electrons. The molecule has 1 aromatic carbocycles. The van der Waals surface area contributed by atoms with E-state index in [0.29, 0.717) is 31.9 Å². The Hall–Kier alpha value is -2.08. The van der Waals surface area contributed by atoms with Crippen molar-refractivity contribution in [2.45, 2.75) is 0 Å². The quantitative estimate of drug-likeness (QED) is 0.838. The third kappa shape index (κ3) is 3.00. The molecule has 0 atom stereocenters. The Kier molecular flexibility index (Phi) is 4.06. The lowest BCUT2D eigenvalue weighted by molar-refractivity contribution is -0.123. The second-order valence-corrected chi connectivity index (χ2v) is 5.19. The minimum atomic E-state index is -0.0987. The van der Waals surface area contributed by atoms with Gasteiger partial charge in [-0.2, -0.15) is 0 Å². The van der Waals surface area contributed by atoms with Crippen LogP contribution in [0.4, 0.5) is 5.69 Å². The van der Waals surface area contributed by atoms with Crippen molar-refractivity contribution in [2.24, 2.45) is 0 Å². The molecule has 2 heterocycles. The van der Waals surface area contributed by atoms with Crippen LogP contribution in [-0.2, 0) is 9.53 Å². The van der Waals surface area contributed by atoms with Gasteiger partial charge >= 0.3 is 0 Å². The van der Waals surface area contributed by atoms with Gasteiger partial charge in [0.1, 0.15) is 0 Å². The summed E-state index contributed by atoms with van der Waals surface area (Å²) in [6.07, 6.45) is 0. The van der Waals surface area contributed by atoms with E-state index in [1.54, 1.807) is 4.90 Å². The molecule has 0 saturated carbocycles. The van der Waals surface area contributed by atoms with Gasteiger partial charge in [0.05, 0.1) is 25.3 Å². The summed E-state index contributed by atoms with van der Waals surface area (Å²) in [7, 11) is 0. The molecule has 2 saturated heterocycles. The normalized spacial score (nSPS) is 19.3. The molecule has 2 aliphatic rings. The number of piperazine rings is 1. The Labute approximate surface area is 123 Å². The van der Waals surface area contributed by atoms with Crippen molar-refractivity contribution < 1.29 is 14.3 Å². The van der Waals surface area contributed by atoms with Gasteiger partial charge in [-0.25, -0.2) is 0 Å². The van der Waals surface area contributed by atoms with Gasteiger partial charge in [0.15, 0.2) is 0 Å². The van der Waals surface area contributed by atoms with Crippen molar-refractivity contribution in [3.05, 3.63) is 29.8 Å². The Morgan fingerprint density at radius 3 is 2.67 bits per heavy atom. The summed E-state index contributed by atoms with van der Waals surface area (Å²) in [5, 5.41) is 2.74. The fraction of sp³-hybridized carbons (Fsp3) is 0.467. The number of hydrogen-bond donors (Lipinski definition) is 1. The number of nitrogens with one attached hydrogen (secondary N) is 1. The van der Waals surface area contributed by atoms with Gasteiger partial charge in [-0.3, -0.25) is 9.59 Å². The molecule has 6 heteroatoms. The van der Waals surface area contributed by atoms with Gasteiger partial charge in [-0.1, -0.05) is 12.1 Å². The van der Waals surface area contributed by atoms with E-state index in [2.05, 4.69) is 10.2 Å². The molecule has 2 aliphatic heterocycles. The Morgan fingerprint density at radius 2 is 1.90 bits per heavy atom. The van der Waals surface area contributed by atoms with Gasteiger partial charge < -0.3 is 19.9 Å². The van der Waals surface area contributed by atoms with E-state index >= 15 is 0 Å². The highest BCUT2D eigenvalue weighted by atomic mass is 16.5. The zero-order chi connectivity index (χ0) is 14.7. The maximum absolute atomic E-state index is 12.7. The molecule has 2 amide bonds. The molecule has 0 aromatic heterocycles. The second kappa shape index (κ2) is 6.13. The molecule has 0 aliphatic carbocycles. The van der Waals surface area contributed by atoms with Crippen LogP contribution < -0.4 is 10.2 Å². The van der Waals surface area contributed by atoms with Crippen LogP contribution in [0, 0.1) is 0 Å². The minimum Gasteiger partial charge on any atom is -0.378 e. The first kappa shape index (κ1) is 13.9. The molecule has 0 spiro atoms. The van der Waals surface area contributed by atoms with Crippen LogP contribution in [0.1, 0.15) is 10.4 Å². The van der Waals surface area contributed by atoms with E-state index in [9.17, 15) is 9.59 Å². The smallest absolute Gasteiger partial charge is 0.256 e. The average Bonchev–Trinajstić information content (AvgIpc) is 2.55. The van der Waals surface area contributed by atoms with E-state index in [1.165, 1.54) is 0 Å². The van der Waals surface area contributed by atoms with Crippen molar-refractivity contribution in [3.63, 3.8) is 0 Å². The molecule has 3 rings (SSSR count). The lowest BCUT2D eigenvalue weighted by atomic mass is 10.1. The number of carbonyl (C=O) groups excluding carboxylic acids is 2. The van der Waals surface area contributed by atoms with E-state index in [4.69, 9.17) is 4.74 Å². The summed E-state index contributed by atoms with van der Waals surface area (Å²) in [6.45, 7) is 4.13. The lowest BCUT2D eigenvalue weighted by Gasteiger charge is -2.32. The van der Waals surface area contributed by atoms with Crippen molar-refractivity contribution in [2.75, 3.05) is 50.8 Å². The fourth-order valence-corrected chi connectivity index (χ4v) is 2.72. The van der Waals surface area contributed by atoms with Crippen molar-refractivity contribution in [3.8, 4) is 0 Å². The summed E-state index contributed by atoms with van der Waals surface area (Å²) < 4.78 is 5.36. The van der Waals surface area contributed by atoms with E-state index in [-0.39, 0.29) is 18.4 Å². The number of anilines is 1. The number of para-hydroxylation sites is 1. The first-order valence-electron chi connectivity index (χ1n) is 7.23. The summed E-state index contributed by atoms with van der Waals surface area (Å²) >= 11 is 0. The van der Waals surface area contributed by atoms with Crippen molar-refractivity contribution >= 4 is 17.5 Å². The number of amides is 2. The number of hydrogen-bond acceptors (Lipinski definition) is 4. The third-order valence-corrected chi connectivity index (χ3v) is 3.81. The SMILES string of the molecule is O=C1CN(C(=O)c2ccccc2N2CCOCC2)CCN1. The number of morpholine rings is 1. The van der Waals surface area contributed by atoms with Crippen LogP contribution in [0.25, 0.3) is 0 Å². The predicted molar refractivity (Wildman–Crippen MR) is 78.4 cm³/mol. The first-order chi connectivity index (χ1) is 10.3. The topological polar surface area (TPSA) is 61.9 Å². The molecule has 1 aromatic rings. The zero-order valence-corrected chi connectivity index (χ0v) is 11.9. The van der Waals surface area contributed by atoms with Crippen LogP contribution in [0.15, 0.2) is 24.3 Å². The highest BCUT2D eigenvalue weighted by Crippen LogP contribution is 2.23. The Balaban J connectivity index is 1.83. The van der Waals surface area contributed by atoms with Gasteiger partial charge in [0, 0.05) is 31.9 Å². The van der Waals surface area contributed by atoms with Crippen LogP contribution in [0.3, 0.4) is 0 Å². The fourth-order valence-electron chi connectivity index (χ4n) is 2.72. The van der Waals surface area contributed by atoms with Crippen molar-refractivity contribution in [1.82, 2.24) is 10.2 Å². The maximum Gasteiger partial charge on any atom is 0.256 e. The summed E-state index contributed by atoms with van der Waals surface area (Å²) in [6, 6.07) is 7.59. The maximum atomic E-state index is 12.7. The monoisotopic (exact) mass is 289 g/mol. The first-order valence-corrected chi connectivity index (χ1v) is 7.23. The summed E-state index contributed by atoms with van der Waals surface area (Å²) in [5.41, 5.74) is 1.59. The molecule has 112 valence electrons. The number of ether oxygens (including phenoxy) is 1. The molecule has 1 N–H and O–H groups in total. The summed E-state index contributed by atoms with van der Waals surface area (Å²) in [5.74, 6) is -0.176. The largest absolute Gasteiger partial charge is 0.378 e. The average molecular weight is 289 g/mol. The van der Waals surface area contributed by atoms with Crippen LogP contribution in [-0.4, -0.2) is 62.7 Å². The molecule has 0 bridgehead atoms. The number of carbonyl (C=O) groups is 2. The number of rotatable bonds is 2. The van der Waals surface area contributed by atoms with Gasteiger partial charge in [-0.05, 0) is 12.1 Å². The van der Waals surface area contributed by atoms with E-state index in [0.717, 1.165) is 18.8 Å². The van der Waals surface area contributed by atoms with Crippen molar-refractivity contribution in [1.29, 1.82) is 0 Å². The predicted octanol–water partition coefficient (Wildman–Crippen LogP) is 0.0952. The highest BCUT2D eigenvalue weighted by molar-refractivity contribution is 6.01. The number of benzene rings is 1. The zero-order valence-electron chi connectivity index (χ0n) is 11.9. The van der Waals surface area contributed by atoms with E-state index < -0.39 is 0 Å². The molecular weight excluding hydrogens is 270 g/mol. The number of nitrogens with zero attached hydrogens (tertiary/aromatic N) is 2. The van der Waals surface area contributed by atoms with Gasteiger partial charge in [0.25, 0.3) is 5.91 Å². The molecule has 0 unspecified atom stereocenters. The molecule has 21 heavy (non-hydrogen) atoms. The minimum absolute atomic E-state index is 0.0769. The molecule has 6 nitrogen and oxygen atoms in total.